The Hall–Kier alpha value is -2.66. The molecule has 0 unspecified atom stereocenters. The van der Waals surface area contributed by atoms with Crippen molar-refractivity contribution in [2.75, 3.05) is 27.3 Å². The summed E-state index contributed by atoms with van der Waals surface area (Å²) in [6.07, 6.45) is 7.16. The summed E-state index contributed by atoms with van der Waals surface area (Å²) in [5.41, 5.74) is 2.16. The molecular weight excluding hydrogens is 402 g/mol. The van der Waals surface area contributed by atoms with Crippen LogP contribution in [-0.4, -0.2) is 33.4 Å². The lowest BCUT2D eigenvalue weighted by molar-refractivity contribution is 0.200. The molecule has 170 valence electrons. The number of hydrogen-bond donors (Lipinski definition) is 1. The summed E-state index contributed by atoms with van der Waals surface area (Å²) >= 11 is 0. The van der Waals surface area contributed by atoms with Gasteiger partial charge in [0.05, 0.1) is 20.3 Å². The van der Waals surface area contributed by atoms with Crippen LogP contribution in [0.4, 0.5) is 0 Å². The van der Waals surface area contributed by atoms with E-state index in [0.717, 1.165) is 72.8 Å². The fraction of sp³-hybridized carbons (Fsp3) is 0.481. The molecule has 0 spiro atoms. The van der Waals surface area contributed by atoms with Crippen molar-refractivity contribution in [1.82, 2.24) is 5.32 Å². The minimum atomic E-state index is 0.321. The monoisotopic (exact) mass is 435 g/mol. The van der Waals surface area contributed by atoms with Crippen molar-refractivity contribution >= 4 is 11.0 Å². The van der Waals surface area contributed by atoms with E-state index in [1.165, 1.54) is 18.4 Å². The number of furan rings is 1. The largest absolute Gasteiger partial charge is 0.493 e. The first-order valence-electron chi connectivity index (χ1n) is 11.8. The van der Waals surface area contributed by atoms with Crippen LogP contribution in [0.1, 0.15) is 49.3 Å². The summed E-state index contributed by atoms with van der Waals surface area (Å²) in [5, 5.41) is 4.74. The second-order valence-electron chi connectivity index (χ2n) is 9.19. The average molecular weight is 436 g/mol. The molecule has 1 aromatic heterocycles. The van der Waals surface area contributed by atoms with E-state index in [0.29, 0.717) is 17.9 Å². The molecule has 1 saturated heterocycles. The minimum Gasteiger partial charge on any atom is -0.493 e. The van der Waals surface area contributed by atoms with Gasteiger partial charge in [-0.25, -0.2) is 0 Å². The standard InChI is InChI=1S/C27H33NO4/c1-29-24-11-10-19(15-26(24)31-22-7-3-4-8-22)21-12-18(16-28-17-21)13-23-14-20-6-5-9-25(30-2)27(20)32-23/h5-6,9-11,14-15,18,21-22,28H,3-4,7-8,12-13,16-17H2,1-2H3/t18-,21+/m0/s1. The van der Waals surface area contributed by atoms with Crippen molar-refractivity contribution in [3.05, 3.63) is 53.8 Å². The molecular formula is C27H33NO4. The van der Waals surface area contributed by atoms with Gasteiger partial charge in [0.25, 0.3) is 0 Å². The van der Waals surface area contributed by atoms with Gasteiger partial charge in [-0.3, -0.25) is 0 Å². The van der Waals surface area contributed by atoms with Gasteiger partial charge >= 0.3 is 0 Å². The molecule has 1 N–H and O–H groups in total. The summed E-state index contributed by atoms with van der Waals surface area (Å²) in [5.74, 6) is 4.50. The van der Waals surface area contributed by atoms with Crippen molar-refractivity contribution in [2.24, 2.45) is 5.92 Å². The highest BCUT2D eigenvalue weighted by Crippen LogP contribution is 2.37. The van der Waals surface area contributed by atoms with Crippen LogP contribution in [0, 0.1) is 5.92 Å². The van der Waals surface area contributed by atoms with E-state index in [4.69, 9.17) is 18.6 Å². The number of nitrogens with one attached hydrogen (secondary N) is 1. The molecule has 0 radical (unpaired) electrons. The van der Waals surface area contributed by atoms with Crippen LogP contribution in [-0.2, 0) is 6.42 Å². The summed E-state index contributed by atoms with van der Waals surface area (Å²) in [4.78, 5) is 0. The van der Waals surface area contributed by atoms with Gasteiger partial charge < -0.3 is 23.9 Å². The molecule has 0 bridgehead atoms. The second-order valence-corrected chi connectivity index (χ2v) is 9.19. The second kappa shape index (κ2) is 9.45. The van der Waals surface area contributed by atoms with E-state index in [9.17, 15) is 0 Å². The molecule has 5 nitrogen and oxygen atoms in total. The Morgan fingerprint density at radius 3 is 2.59 bits per heavy atom. The molecule has 1 saturated carbocycles. The molecule has 3 aromatic rings. The Kier molecular flexibility index (Phi) is 6.26. The smallest absolute Gasteiger partial charge is 0.176 e. The Labute approximate surface area is 190 Å². The fourth-order valence-electron chi connectivity index (χ4n) is 5.30. The average Bonchev–Trinajstić information content (AvgIpc) is 3.48. The maximum Gasteiger partial charge on any atom is 0.176 e. The molecule has 2 atom stereocenters. The molecule has 2 aliphatic rings. The van der Waals surface area contributed by atoms with Gasteiger partial charge in [-0.15, -0.1) is 0 Å². The topological polar surface area (TPSA) is 52.9 Å². The van der Waals surface area contributed by atoms with Gasteiger partial charge in [0, 0.05) is 18.4 Å². The number of hydrogen-bond acceptors (Lipinski definition) is 5. The number of para-hydroxylation sites is 1. The molecule has 1 aliphatic heterocycles. The normalized spacial score (nSPS) is 21.7. The lowest BCUT2D eigenvalue weighted by Crippen LogP contribution is -2.36. The predicted octanol–water partition coefficient (Wildman–Crippen LogP) is 5.71. The zero-order chi connectivity index (χ0) is 21.9. The van der Waals surface area contributed by atoms with Crippen molar-refractivity contribution in [1.29, 1.82) is 0 Å². The highest BCUT2D eigenvalue weighted by Gasteiger charge is 2.26. The van der Waals surface area contributed by atoms with Crippen LogP contribution in [0.2, 0.25) is 0 Å². The summed E-state index contributed by atoms with van der Waals surface area (Å²) in [6, 6.07) is 14.7. The zero-order valence-corrected chi connectivity index (χ0v) is 19.1. The SMILES string of the molecule is COc1ccc([C@H]2CNC[C@H](Cc3cc4cccc(OC)c4o3)C2)cc1OC1CCCC1. The van der Waals surface area contributed by atoms with Gasteiger partial charge in [-0.2, -0.15) is 0 Å². The lowest BCUT2D eigenvalue weighted by Gasteiger charge is -2.30. The molecule has 1 aliphatic carbocycles. The van der Waals surface area contributed by atoms with Crippen LogP contribution in [0.25, 0.3) is 11.0 Å². The van der Waals surface area contributed by atoms with E-state index >= 15 is 0 Å². The minimum absolute atomic E-state index is 0.321. The van der Waals surface area contributed by atoms with E-state index < -0.39 is 0 Å². The van der Waals surface area contributed by atoms with Crippen LogP contribution in [0.15, 0.2) is 46.9 Å². The Balaban J connectivity index is 1.30. The first-order chi connectivity index (χ1) is 15.7. The number of methoxy groups -OCH3 is 2. The van der Waals surface area contributed by atoms with E-state index in [1.807, 2.05) is 12.1 Å². The first kappa shape index (κ1) is 21.2. The van der Waals surface area contributed by atoms with Gasteiger partial charge in [-0.05, 0) is 80.3 Å². The van der Waals surface area contributed by atoms with Crippen molar-refractivity contribution < 1.29 is 18.6 Å². The molecule has 2 fully saturated rings. The van der Waals surface area contributed by atoms with Crippen molar-refractivity contribution in [3.8, 4) is 17.2 Å². The fourth-order valence-corrected chi connectivity index (χ4v) is 5.30. The summed E-state index contributed by atoms with van der Waals surface area (Å²) in [7, 11) is 3.41. The van der Waals surface area contributed by atoms with E-state index in [1.54, 1.807) is 14.2 Å². The number of piperidine rings is 1. The predicted molar refractivity (Wildman–Crippen MR) is 126 cm³/mol. The highest BCUT2D eigenvalue weighted by molar-refractivity contribution is 5.83. The quantitative estimate of drug-likeness (QED) is 0.515. The van der Waals surface area contributed by atoms with Crippen molar-refractivity contribution in [2.45, 2.75) is 50.5 Å². The molecule has 2 aromatic carbocycles. The Bertz CT molecular complexity index is 1050. The third-order valence-electron chi connectivity index (χ3n) is 6.97. The first-order valence-corrected chi connectivity index (χ1v) is 11.8. The molecule has 32 heavy (non-hydrogen) atoms. The summed E-state index contributed by atoms with van der Waals surface area (Å²) < 4.78 is 23.5. The van der Waals surface area contributed by atoms with E-state index in [-0.39, 0.29) is 0 Å². The maximum atomic E-state index is 6.33. The van der Waals surface area contributed by atoms with Gasteiger partial charge in [0.2, 0.25) is 0 Å². The van der Waals surface area contributed by atoms with Crippen LogP contribution in [0.5, 0.6) is 17.2 Å². The van der Waals surface area contributed by atoms with Gasteiger partial charge in [0.1, 0.15) is 5.76 Å². The summed E-state index contributed by atoms with van der Waals surface area (Å²) in [6.45, 7) is 1.99. The molecule has 2 heterocycles. The van der Waals surface area contributed by atoms with Crippen LogP contribution >= 0.6 is 0 Å². The molecule has 5 heteroatoms. The third kappa shape index (κ3) is 4.44. The van der Waals surface area contributed by atoms with Crippen LogP contribution in [0.3, 0.4) is 0 Å². The highest BCUT2D eigenvalue weighted by atomic mass is 16.5. The van der Waals surface area contributed by atoms with E-state index in [2.05, 4.69) is 35.6 Å². The lowest BCUT2D eigenvalue weighted by atomic mass is 9.83. The number of rotatable bonds is 7. The Morgan fingerprint density at radius 1 is 0.938 bits per heavy atom. The molecule has 5 rings (SSSR count). The maximum absolute atomic E-state index is 6.33. The Morgan fingerprint density at radius 2 is 1.78 bits per heavy atom. The van der Waals surface area contributed by atoms with Crippen LogP contribution < -0.4 is 19.5 Å². The van der Waals surface area contributed by atoms with Gasteiger partial charge in [0.15, 0.2) is 22.8 Å². The number of ether oxygens (including phenoxy) is 3. The third-order valence-corrected chi connectivity index (χ3v) is 6.97. The zero-order valence-electron chi connectivity index (χ0n) is 19.1. The molecule has 0 amide bonds. The van der Waals surface area contributed by atoms with Crippen molar-refractivity contribution in [3.63, 3.8) is 0 Å². The van der Waals surface area contributed by atoms with Gasteiger partial charge in [-0.1, -0.05) is 18.2 Å². The number of fused-ring (bicyclic) bond motifs is 1. The number of benzene rings is 2.